The summed E-state index contributed by atoms with van der Waals surface area (Å²) in [4.78, 5) is 11.7. The van der Waals surface area contributed by atoms with Crippen LogP contribution in [0.5, 0.6) is 0 Å². The molecule has 0 aromatic carbocycles. The van der Waals surface area contributed by atoms with Crippen LogP contribution in [0.2, 0.25) is 0 Å². The summed E-state index contributed by atoms with van der Waals surface area (Å²) < 4.78 is 5.03. The predicted molar refractivity (Wildman–Crippen MR) is 62.1 cm³/mol. The highest BCUT2D eigenvalue weighted by molar-refractivity contribution is 5.75. The second-order valence-electron chi connectivity index (χ2n) is 4.53. The predicted octanol–water partition coefficient (Wildman–Crippen LogP) is 1.22. The third kappa shape index (κ3) is 3.19. The minimum Gasteiger partial charge on any atom is -0.465 e. The molecule has 1 aliphatic carbocycles. The molecule has 4 nitrogen and oxygen atoms in total. The zero-order chi connectivity index (χ0) is 12.0. The van der Waals surface area contributed by atoms with Crippen molar-refractivity contribution in [3.05, 3.63) is 0 Å². The normalized spacial score (nSPS) is 19.9. The molecule has 0 aromatic heterocycles. The number of rotatable bonds is 7. The van der Waals surface area contributed by atoms with Crippen molar-refractivity contribution in [1.29, 1.82) is 0 Å². The summed E-state index contributed by atoms with van der Waals surface area (Å²) in [5, 5.41) is 12.6. The Morgan fingerprint density at radius 1 is 1.50 bits per heavy atom. The number of hydrogen-bond acceptors (Lipinski definition) is 4. The van der Waals surface area contributed by atoms with Crippen LogP contribution in [0.1, 0.15) is 46.0 Å². The van der Waals surface area contributed by atoms with E-state index < -0.39 is 0 Å². The Kier molecular flexibility index (Phi) is 5.22. The SMILES string of the molecule is CCCC(NC1(CO)CCC1)C(=O)OCC. The number of aliphatic hydroxyl groups excluding tert-OH is 1. The molecular weight excluding hydrogens is 206 g/mol. The molecule has 1 rings (SSSR count). The molecule has 0 saturated heterocycles. The van der Waals surface area contributed by atoms with Crippen molar-refractivity contribution < 1.29 is 14.6 Å². The van der Waals surface area contributed by atoms with Crippen LogP contribution in [0, 0.1) is 0 Å². The van der Waals surface area contributed by atoms with Gasteiger partial charge in [-0.3, -0.25) is 10.1 Å². The molecule has 0 aromatic rings. The highest BCUT2D eigenvalue weighted by Gasteiger charge is 2.39. The number of esters is 1. The highest BCUT2D eigenvalue weighted by Crippen LogP contribution is 2.32. The summed E-state index contributed by atoms with van der Waals surface area (Å²) in [6.45, 7) is 4.37. The Labute approximate surface area is 97.4 Å². The number of aliphatic hydroxyl groups is 1. The summed E-state index contributed by atoms with van der Waals surface area (Å²) in [5.41, 5.74) is -0.230. The van der Waals surface area contributed by atoms with E-state index in [-0.39, 0.29) is 24.2 Å². The second kappa shape index (κ2) is 6.21. The summed E-state index contributed by atoms with van der Waals surface area (Å²) in [6, 6.07) is -0.266. The van der Waals surface area contributed by atoms with Crippen LogP contribution in [0.4, 0.5) is 0 Å². The largest absolute Gasteiger partial charge is 0.465 e. The Morgan fingerprint density at radius 2 is 2.19 bits per heavy atom. The van der Waals surface area contributed by atoms with E-state index in [0.29, 0.717) is 6.61 Å². The molecule has 0 aliphatic heterocycles. The first kappa shape index (κ1) is 13.5. The van der Waals surface area contributed by atoms with E-state index in [0.717, 1.165) is 32.1 Å². The lowest BCUT2D eigenvalue weighted by atomic mass is 9.76. The summed E-state index contributed by atoms with van der Waals surface area (Å²) in [6.07, 6.45) is 4.71. The number of nitrogens with one attached hydrogen (secondary N) is 1. The maximum absolute atomic E-state index is 11.7. The van der Waals surface area contributed by atoms with Crippen LogP contribution in [0.15, 0.2) is 0 Å². The monoisotopic (exact) mass is 229 g/mol. The zero-order valence-corrected chi connectivity index (χ0v) is 10.3. The molecule has 0 amide bonds. The molecule has 4 heteroatoms. The number of carbonyl (C=O) groups excluding carboxylic acids is 1. The molecular formula is C12H23NO3. The average molecular weight is 229 g/mol. The smallest absolute Gasteiger partial charge is 0.323 e. The van der Waals surface area contributed by atoms with Gasteiger partial charge >= 0.3 is 5.97 Å². The third-order valence-corrected chi connectivity index (χ3v) is 3.24. The highest BCUT2D eigenvalue weighted by atomic mass is 16.5. The standard InChI is InChI=1S/C12H23NO3/c1-3-6-10(11(15)16-4-2)13-12(9-14)7-5-8-12/h10,13-14H,3-9H2,1-2H3. The van der Waals surface area contributed by atoms with Crippen molar-refractivity contribution in [1.82, 2.24) is 5.32 Å². The molecule has 0 heterocycles. The van der Waals surface area contributed by atoms with Crippen molar-refractivity contribution in [2.24, 2.45) is 0 Å². The van der Waals surface area contributed by atoms with Crippen molar-refractivity contribution in [2.45, 2.75) is 57.5 Å². The Balaban J connectivity index is 2.52. The first-order valence-electron chi connectivity index (χ1n) is 6.22. The van der Waals surface area contributed by atoms with E-state index in [4.69, 9.17) is 4.74 Å². The van der Waals surface area contributed by atoms with Crippen LogP contribution >= 0.6 is 0 Å². The lowest BCUT2D eigenvalue weighted by molar-refractivity contribution is -0.147. The van der Waals surface area contributed by atoms with E-state index >= 15 is 0 Å². The third-order valence-electron chi connectivity index (χ3n) is 3.24. The molecule has 0 bridgehead atoms. The molecule has 1 aliphatic rings. The van der Waals surface area contributed by atoms with Gasteiger partial charge in [-0.2, -0.15) is 0 Å². The van der Waals surface area contributed by atoms with Gasteiger partial charge in [-0.1, -0.05) is 13.3 Å². The molecule has 94 valence electrons. The van der Waals surface area contributed by atoms with Gasteiger partial charge in [0.05, 0.1) is 13.2 Å². The Bertz CT molecular complexity index is 221. The van der Waals surface area contributed by atoms with Crippen LogP contribution in [-0.2, 0) is 9.53 Å². The fourth-order valence-electron chi connectivity index (χ4n) is 2.10. The molecule has 1 saturated carbocycles. The second-order valence-corrected chi connectivity index (χ2v) is 4.53. The average Bonchev–Trinajstić information content (AvgIpc) is 2.22. The van der Waals surface area contributed by atoms with Gasteiger partial charge in [0.1, 0.15) is 6.04 Å². The lowest BCUT2D eigenvalue weighted by Crippen LogP contribution is -2.59. The van der Waals surface area contributed by atoms with Crippen LogP contribution in [0.3, 0.4) is 0 Å². The number of carbonyl (C=O) groups is 1. The molecule has 16 heavy (non-hydrogen) atoms. The fraction of sp³-hybridized carbons (Fsp3) is 0.917. The van der Waals surface area contributed by atoms with E-state index in [9.17, 15) is 9.90 Å². The molecule has 2 N–H and O–H groups in total. The van der Waals surface area contributed by atoms with E-state index in [2.05, 4.69) is 5.32 Å². The van der Waals surface area contributed by atoms with Gasteiger partial charge in [0.15, 0.2) is 0 Å². The van der Waals surface area contributed by atoms with Crippen LogP contribution in [0.25, 0.3) is 0 Å². The summed E-state index contributed by atoms with van der Waals surface area (Å²) in [5.74, 6) is -0.191. The maximum atomic E-state index is 11.7. The zero-order valence-electron chi connectivity index (χ0n) is 10.3. The van der Waals surface area contributed by atoms with Crippen molar-refractivity contribution >= 4 is 5.97 Å². The van der Waals surface area contributed by atoms with E-state index in [1.165, 1.54) is 0 Å². The Morgan fingerprint density at radius 3 is 2.56 bits per heavy atom. The topological polar surface area (TPSA) is 58.6 Å². The first-order valence-corrected chi connectivity index (χ1v) is 6.22. The van der Waals surface area contributed by atoms with Crippen molar-refractivity contribution in [3.63, 3.8) is 0 Å². The van der Waals surface area contributed by atoms with Gasteiger partial charge in [-0.05, 0) is 32.6 Å². The quantitative estimate of drug-likeness (QED) is 0.645. The van der Waals surface area contributed by atoms with Crippen molar-refractivity contribution in [2.75, 3.05) is 13.2 Å². The Hall–Kier alpha value is -0.610. The molecule has 1 unspecified atom stereocenters. The van der Waals surface area contributed by atoms with Crippen molar-refractivity contribution in [3.8, 4) is 0 Å². The minimum absolute atomic E-state index is 0.104. The van der Waals surface area contributed by atoms with Gasteiger partial charge in [0, 0.05) is 5.54 Å². The maximum Gasteiger partial charge on any atom is 0.323 e. The molecule has 0 radical (unpaired) electrons. The minimum atomic E-state index is -0.266. The summed E-state index contributed by atoms with van der Waals surface area (Å²) >= 11 is 0. The number of ether oxygens (including phenoxy) is 1. The lowest BCUT2D eigenvalue weighted by Gasteiger charge is -2.43. The van der Waals surface area contributed by atoms with Crippen LogP contribution in [-0.4, -0.2) is 35.9 Å². The molecule has 1 fully saturated rings. The van der Waals surface area contributed by atoms with E-state index in [1.807, 2.05) is 13.8 Å². The van der Waals surface area contributed by atoms with E-state index in [1.54, 1.807) is 0 Å². The summed E-state index contributed by atoms with van der Waals surface area (Å²) in [7, 11) is 0. The number of hydrogen-bond donors (Lipinski definition) is 2. The van der Waals surface area contributed by atoms with Gasteiger partial charge in [-0.25, -0.2) is 0 Å². The van der Waals surface area contributed by atoms with Gasteiger partial charge in [-0.15, -0.1) is 0 Å². The van der Waals surface area contributed by atoms with Gasteiger partial charge in [0.2, 0.25) is 0 Å². The first-order chi connectivity index (χ1) is 7.67. The van der Waals surface area contributed by atoms with Gasteiger partial charge < -0.3 is 9.84 Å². The molecule has 0 spiro atoms. The fourth-order valence-corrected chi connectivity index (χ4v) is 2.10. The molecule has 1 atom stereocenters. The van der Waals surface area contributed by atoms with Gasteiger partial charge in [0.25, 0.3) is 0 Å². The van der Waals surface area contributed by atoms with Crippen LogP contribution < -0.4 is 5.32 Å².